The van der Waals surface area contributed by atoms with E-state index in [-0.39, 0.29) is 12.0 Å². The zero-order valence-electron chi connectivity index (χ0n) is 14.3. The maximum atomic E-state index is 11.7. The average molecular weight is 335 g/mol. The Hall–Kier alpha value is -2.75. The molecule has 0 amide bonds. The summed E-state index contributed by atoms with van der Waals surface area (Å²) in [5.41, 5.74) is 4.68. The third kappa shape index (κ3) is 2.40. The predicted octanol–water partition coefficient (Wildman–Crippen LogP) is 4.53. The fourth-order valence-corrected chi connectivity index (χ4v) is 4.31. The van der Waals surface area contributed by atoms with Crippen LogP contribution in [0.2, 0.25) is 0 Å². The van der Waals surface area contributed by atoms with Gasteiger partial charge in [-0.1, -0.05) is 36.4 Å². The minimum Gasteiger partial charge on any atom is -0.495 e. The molecule has 2 aliphatic rings. The minimum atomic E-state index is -0.887. The Morgan fingerprint density at radius 3 is 2.80 bits per heavy atom. The number of aromatic carboxylic acids is 1. The first-order valence-corrected chi connectivity index (χ1v) is 8.54. The van der Waals surface area contributed by atoms with E-state index in [9.17, 15) is 9.90 Å². The second-order valence-corrected chi connectivity index (χ2v) is 6.74. The maximum absolute atomic E-state index is 11.7. The van der Waals surface area contributed by atoms with E-state index < -0.39 is 5.97 Å². The smallest absolute Gasteiger partial charge is 0.336 e. The molecule has 0 bridgehead atoms. The summed E-state index contributed by atoms with van der Waals surface area (Å²) in [7, 11) is 1.67. The number of nitrogens with one attached hydrogen (secondary N) is 1. The molecule has 0 unspecified atom stereocenters. The Morgan fingerprint density at radius 1 is 1.24 bits per heavy atom. The van der Waals surface area contributed by atoms with Crippen LogP contribution in [0.3, 0.4) is 0 Å². The number of methoxy groups -OCH3 is 1. The van der Waals surface area contributed by atoms with E-state index in [4.69, 9.17) is 4.74 Å². The Balaban J connectivity index is 1.89. The van der Waals surface area contributed by atoms with Crippen molar-refractivity contribution in [1.29, 1.82) is 0 Å². The number of ether oxygens (including phenoxy) is 1. The van der Waals surface area contributed by atoms with Crippen molar-refractivity contribution in [2.45, 2.75) is 25.3 Å². The number of anilines is 1. The molecule has 0 saturated carbocycles. The van der Waals surface area contributed by atoms with Crippen LogP contribution in [0.25, 0.3) is 0 Å². The number of carboxylic acid groups (broad SMARTS) is 1. The molecule has 0 radical (unpaired) electrons. The van der Waals surface area contributed by atoms with E-state index in [0.29, 0.717) is 11.5 Å². The van der Waals surface area contributed by atoms with Gasteiger partial charge in [0.05, 0.1) is 24.4 Å². The van der Waals surface area contributed by atoms with Gasteiger partial charge in [-0.15, -0.1) is 0 Å². The highest BCUT2D eigenvalue weighted by Gasteiger charge is 2.40. The van der Waals surface area contributed by atoms with E-state index in [0.717, 1.165) is 23.4 Å². The summed E-state index contributed by atoms with van der Waals surface area (Å²) < 4.78 is 5.58. The molecule has 0 spiro atoms. The third-order valence-corrected chi connectivity index (χ3v) is 5.45. The number of hydrogen-bond donors (Lipinski definition) is 2. The fraction of sp³-hybridized carbons (Fsp3) is 0.286. The molecule has 1 aliphatic carbocycles. The van der Waals surface area contributed by atoms with Crippen LogP contribution in [0.15, 0.2) is 48.6 Å². The maximum Gasteiger partial charge on any atom is 0.336 e. The second-order valence-electron chi connectivity index (χ2n) is 6.74. The molecular formula is C21H21NO3. The van der Waals surface area contributed by atoms with Crippen LogP contribution < -0.4 is 10.1 Å². The normalized spacial score (nSPS) is 23.5. The highest BCUT2D eigenvalue weighted by atomic mass is 16.5. The summed E-state index contributed by atoms with van der Waals surface area (Å²) in [4.78, 5) is 11.7. The first-order chi connectivity index (χ1) is 12.1. The van der Waals surface area contributed by atoms with Gasteiger partial charge in [0.15, 0.2) is 0 Å². The summed E-state index contributed by atoms with van der Waals surface area (Å²) in [5.74, 6) is 0.496. The van der Waals surface area contributed by atoms with Crippen LogP contribution in [0.5, 0.6) is 5.75 Å². The van der Waals surface area contributed by atoms with Crippen LogP contribution in [-0.4, -0.2) is 18.2 Å². The van der Waals surface area contributed by atoms with Gasteiger partial charge in [-0.3, -0.25) is 0 Å². The number of fused-ring (bicyclic) bond motifs is 3. The molecule has 0 aromatic heterocycles. The number of allylic oxidation sites excluding steroid dienone is 2. The van der Waals surface area contributed by atoms with Gasteiger partial charge in [-0.2, -0.15) is 0 Å². The molecule has 2 N–H and O–H groups in total. The van der Waals surface area contributed by atoms with Gasteiger partial charge in [0.25, 0.3) is 0 Å². The van der Waals surface area contributed by atoms with E-state index in [1.807, 2.05) is 18.2 Å². The Bertz CT molecular complexity index is 871. The van der Waals surface area contributed by atoms with Crippen molar-refractivity contribution in [2.75, 3.05) is 12.4 Å². The van der Waals surface area contributed by atoms with Crippen molar-refractivity contribution in [3.63, 3.8) is 0 Å². The SMILES string of the molecule is COc1ccc(C)c2c1N[C@H](c1ccccc1C(=O)O)[C@@H]1CC=C[C@@H]21. The number of rotatable bonds is 3. The van der Waals surface area contributed by atoms with Gasteiger partial charge in [0.2, 0.25) is 0 Å². The molecule has 2 aromatic carbocycles. The molecule has 2 aromatic rings. The Morgan fingerprint density at radius 2 is 2.04 bits per heavy atom. The average Bonchev–Trinajstić information content (AvgIpc) is 3.10. The van der Waals surface area contributed by atoms with Crippen molar-refractivity contribution >= 4 is 11.7 Å². The standard InChI is InChI=1S/C21H21NO3/c1-12-10-11-17(25-2)20-18(12)13-8-5-9-14(13)19(22-20)15-6-3-4-7-16(15)21(23)24/h3-8,10-11,13-14,19,22H,9H2,1-2H3,(H,23,24)/t13-,14-,19+/m1/s1. The van der Waals surface area contributed by atoms with Gasteiger partial charge >= 0.3 is 5.97 Å². The summed E-state index contributed by atoms with van der Waals surface area (Å²) in [5, 5.41) is 13.2. The van der Waals surface area contributed by atoms with Crippen molar-refractivity contribution in [3.8, 4) is 5.75 Å². The zero-order chi connectivity index (χ0) is 17.6. The first kappa shape index (κ1) is 15.8. The second kappa shape index (κ2) is 5.96. The fourth-order valence-electron chi connectivity index (χ4n) is 4.31. The molecule has 128 valence electrons. The molecule has 25 heavy (non-hydrogen) atoms. The monoisotopic (exact) mass is 335 g/mol. The van der Waals surface area contributed by atoms with E-state index in [1.165, 1.54) is 11.1 Å². The lowest BCUT2D eigenvalue weighted by Gasteiger charge is -2.39. The third-order valence-electron chi connectivity index (χ3n) is 5.45. The van der Waals surface area contributed by atoms with Crippen LogP contribution in [0.1, 0.15) is 45.4 Å². The lowest BCUT2D eigenvalue weighted by Crippen LogP contribution is -2.31. The molecule has 4 heteroatoms. The highest BCUT2D eigenvalue weighted by Crippen LogP contribution is 2.53. The van der Waals surface area contributed by atoms with Gasteiger partial charge in [0, 0.05) is 5.92 Å². The lowest BCUT2D eigenvalue weighted by atomic mass is 9.74. The molecule has 1 heterocycles. The summed E-state index contributed by atoms with van der Waals surface area (Å²) in [6.07, 6.45) is 5.40. The van der Waals surface area contributed by atoms with E-state index in [2.05, 4.69) is 30.5 Å². The van der Waals surface area contributed by atoms with Gasteiger partial charge < -0.3 is 15.2 Å². The number of hydrogen-bond acceptors (Lipinski definition) is 3. The lowest BCUT2D eigenvalue weighted by molar-refractivity contribution is 0.0694. The summed E-state index contributed by atoms with van der Waals surface area (Å²) >= 11 is 0. The van der Waals surface area contributed by atoms with Crippen LogP contribution >= 0.6 is 0 Å². The van der Waals surface area contributed by atoms with Crippen LogP contribution in [-0.2, 0) is 0 Å². The van der Waals surface area contributed by atoms with Gasteiger partial charge in [-0.25, -0.2) is 4.79 Å². The van der Waals surface area contributed by atoms with Crippen molar-refractivity contribution in [1.82, 2.24) is 0 Å². The number of benzene rings is 2. The largest absolute Gasteiger partial charge is 0.495 e. The highest BCUT2D eigenvalue weighted by molar-refractivity contribution is 5.90. The zero-order valence-corrected chi connectivity index (χ0v) is 14.3. The predicted molar refractivity (Wildman–Crippen MR) is 97.5 cm³/mol. The first-order valence-electron chi connectivity index (χ1n) is 8.54. The summed E-state index contributed by atoms with van der Waals surface area (Å²) in [6, 6.07) is 11.3. The van der Waals surface area contributed by atoms with Crippen LogP contribution in [0.4, 0.5) is 5.69 Å². The quantitative estimate of drug-likeness (QED) is 0.809. The number of aryl methyl sites for hydroxylation is 1. The minimum absolute atomic E-state index is 0.0597. The molecule has 0 saturated heterocycles. The molecule has 0 fully saturated rings. The van der Waals surface area contributed by atoms with Crippen molar-refractivity contribution < 1.29 is 14.6 Å². The topological polar surface area (TPSA) is 58.6 Å². The molecule has 1 aliphatic heterocycles. The van der Waals surface area contributed by atoms with Crippen molar-refractivity contribution in [3.05, 3.63) is 70.8 Å². The Kier molecular flexibility index (Phi) is 3.75. The van der Waals surface area contributed by atoms with E-state index in [1.54, 1.807) is 19.2 Å². The Labute approximate surface area is 147 Å². The number of carbonyl (C=O) groups is 1. The number of carboxylic acids is 1. The van der Waals surface area contributed by atoms with Crippen LogP contribution in [0, 0.1) is 12.8 Å². The molecule has 4 nitrogen and oxygen atoms in total. The molecule has 4 rings (SSSR count). The molecular weight excluding hydrogens is 314 g/mol. The van der Waals surface area contributed by atoms with Crippen molar-refractivity contribution in [2.24, 2.45) is 5.92 Å². The van der Waals surface area contributed by atoms with Gasteiger partial charge in [0.1, 0.15) is 5.75 Å². The van der Waals surface area contributed by atoms with Gasteiger partial charge in [-0.05, 0) is 48.1 Å². The molecule has 3 atom stereocenters. The van der Waals surface area contributed by atoms with E-state index >= 15 is 0 Å². The summed E-state index contributed by atoms with van der Waals surface area (Å²) in [6.45, 7) is 2.12.